The Morgan fingerprint density at radius 3 is 2.80 bits per heavy atom. The number of nitrogens with zero attached hydrogens (tertiary/aromatic N) is 1. The smallest absolute Gasteiger partial charge is 0.336 e. The number of nitrogens with two attached hydrogens (primary N) is 1. The van der Waals surface area contributed by atoms with E-state index >= 15 is 0 Å². The summed E-state index contributed by atoms with van der Waals surface area (Å²) < 4.78 is 0. The van der Waals surface area contributed by atoms with Crippen molar-refractivity contribution in [3.63, 3.8) is 0 Å². The van der Waals surface area contributed by atoms with Gasteiger partial charge in [0, 0.05) is 11.1 Å². The number of carbonyl (C=O) groups excluding carboxylic acids is 1. The summed E-state index contributed by atoms with van der Waals surface area (Å²) in [4.78, 5) is 26.8. The fraction of sp³-hybridized carbons (Fsp3) is 0.154. The molecule has 1 aromatic carbocycles. The number of aromatic carboxylic acids is 1. The van der Waals surface area contributed by atoms with Crippen LogP contribution in [0.1, 0.15) is 21.6 Å². The Labute approximate surface area is 119 Å². The number of benzene rings is 1. The van der Waals surface area contributed by atoms with Crippen LogP contribution in [0.2, 0.25) is 0 Å². The number of hydrogen-bond donors (Lipinski definition) is 3. The average molecular weight is 291 g/mol. The zero-order valence-electron chi connectivity index (χ0n) is 10.7. The molecule has 4 N–H and O–H groups in total. The highest BCUT2D eigenvalue weighted by atomic mass is 32.1. The Morgan fingerprint density at radius 2 is 2.20 bits per heavy atom. The molecule has 0 aliphatic rings. The number of anilines is 2. The predicted octanol–water partition coefficient (Wildman–Crippen LogP) is 1.91. The van der Waals surface area contributed by atoms with Crippen molar-refractivity contribution in [3.05, 3.63) is 40.4 Å². The van der Waals surface area contributed by atoms with Gasteiger partial charge in [-0.1, -0.05) is 6.07 Å². The molecule has 1 aromatic heterocycles. The number of carboxylic acid groups (broad SMARTS) is 1. The predicted molar refractivity (Wildman–Crippen MR) is 77.0 cm³/mol. The third-order valence-electron chi connectivity index (χ3n) is 2.66. The third-order valence-corrected chi connectivity index (χ3v) is 3.39. The molecule has 104 valence electrons. The van der Waals surface area contributed by atoms with Crippen LogP contribution in [0.5, 0.6) is 0 Å². The number of carboxylic acids is 1. The summed E-state index contributed by atoms with van der Waals surface area (Å²) in [5, 5.41) is 13.8. The molecular weight excluding hydrogens is 278 g/mol. The van der Waals surface area contributed by atoms with E-state index in [9.17, 15) is 9.59 Å². The molecule has 0 unspecified atom stereocenters. The highest BCUT2D eigenvalue weighted by Gasteiger charge is 2.11. The van der Waals surface area contributed by atoms with E-state index in [2.05, 4.69) is 10.3 Å². The van der Waals surface area contributed by atoms with Crippen molar-refractivity contribution < 1.29 is 14.7 Å². The largest absolute Gasteiger partial charge is 0.478 e. The fourth-order valence-electron chi connectivity index (χ4n) is 1.70. The standard InChI is InChI=1S/C13H13N3O3S/c1-7-2-3-8(4-10(7)12(18)19)15-11(17)5-9-6-20-13(14)16-9/h2-4,6H,5H2,1H3,(H2,14,16)(H,15,17)(H,18,19). The monoisotopic (exact) mass is 291 g/mol. The van der Waals surface area contributed by atoms with Crippen LogP contribution in [0.15, 0.2) is 23.6 Å². The van der Waals surface area contributed by atoms with Crippen molar-refractivity contribution in [2.24, 2.45) is 0 Å². The van der Waals surface area contributed by atoms with E-state index in [-0.39, 0.29) is 17.9 Å². The maximum atomic E-state index is 11.8. The molecule has 20 heavy (non-hydrogen) atoms. The summed E-state index contributed by atoms with van der Waals surface area (Å²) in [5.41, 5.74) is 7.33. The first-order chi connectivity index (χ1) is 9.45. The topological polar surface area (TPSA) is 105 Å². The number of thiazole rings is 1. The SMILES string of the molecule is Cc1ccc(NC(=O)Cc2csc(N)n2)cc1C(=O)O. The number of aromatic nitrogens is 1. The normalized spacial score (nSPS) is 10.2. The molecule has 0 saturated heterocycles. The molecule has 2 aromatic rings. The van der Waals surface area contributed by atoms with Gasteiger partial charge in [0.2, 0.25) is 5.91 Å². The van der Waals surface area contributed by atoms with Crippen LogP contribution in [0.3, 0.4) is 0 Å². The molecule has 1 amide bonds. The lowest BCUT2D eigenvalue weighted by atomic mass is 10.1. The Kier molecular flexibility index (Phi) is 3.99. The van der Waals surface area contributed by atoms with Crippen molar-refractivity contribution in [3.8, 4) is 0 Å². The quantitative estimate of drug-likeness (QED) is 0.798. The molecule has 0 fully saturated rings. The van der Waals surface area contributed by atoms with Gasteiger partial charge in [-0.25, -0.2) is 9.78 Å². The van der Waals surface area contributed by atoms with E-state index in [1.165, 1.54) is 17.4 Å². The van der Waals surface area contributed by atoms with Gasteiger partial charge >= 0.3 is 5.97 Å². The third kappa shape index (κ3) is 3.33. The molecule has 0 atom stereocenters. The van der Waals surface area contributed by atoms with Gasteiger partial charge in [0.1, 0.15) is 0 Å². The van der Waals surface area contributed by atoms with Crippen LogP contribution in [0, 0.1) is 6.92 Å². The van der Waals surface area contributed by atoms with Gasteiger partial charge in [-0.15, -0.1) is 11.3 Å². The molecule has 6 nitrogen and oxygen atoms in total. The number of nitrogens with one attached hydrogen (secondary N) is 1. The van der Waals surface area contributed by atoms with E-state index in [1.54, 1.807) is 24.4 Å². The second kappa shape index (κ2) is 5.70. The van der Waals surface area contributed by atoms with Crippen LogP contribution in [-0.2, 0) is 11.2 Å². The molecule has 0 bridgehead atoms. The lowest BCUT2D eigenvalue weighted by Gasteiger charge is -2.07. The van der Waals surface area contributed by atoms with Crippen LogP contribution >= 0.6 is 11.3 Å². The Hall–Kier alpha value is -2.41. The van der Waals surface area contributed by atoms with Crippen molar-refractivity contribution in [2.45, 2.75) is 13.3 Å². The Balaban J connectivity index is 2.08. The fourth-order valence-corrected chi connectivity index (χ4v) is 2.27. The summed E-state index contributed by atoms with van der Waals surface area (Å²) in [7, 11) is 0. The molecule has 0 aliphatic carbocycles. The summed E-state index contributed by atoms with van der Waals surface area (Å²) >= 11 is 1.27. The number of carbonyl (C=O) groups is 2. The lowest BCUT2D eigenvalue weighted by Crippen LogP contribution is -2.15. The summed E-state index contributed by atoms with van der Waals surface area (Å²) in [6, 6.07) is 4.75. The molecular formula is C13H13N3O3S. The summed E-state index contributed by atoms with van der Waals surface area (Å²) in [5.74, 6) is -1.29. The second-order valence-corrected chi connectivity index (χ2v) is 5.13. The van der Waals surface area contributed by atoms with Gasteiger partial charge in [0.25, 0.3) is 0 Å². The summed E-state index contributed by atoms with van der Waals surface area (Å²) in [6.07, 6.45) is 0.101. The number of amides is 1. The first-order valence-corrected chi connectivity index (χ1v) is 6.67. The van der Waals surface area contributed by atoms with Crippen molar-refractivity contribution >= 4 is 34.0 Å². The molecule has 0 spiro atoms. The van der Waals surface area contributed by atoms with Gasteiger partial charge in [0.05, 0.1) is 17.7 Å². The van der Waals surface area contributed by atoms with E-state index in [0.29, 0.717) is 22.1 Å². The van der Waals surface area contributed by atoms with E-state index in [1.807, 2.05) is 0 Å². The van der Waals surface area contributed by atoms with Gasteiger partial charge in [-0.05, 0) is 24.6 Å². The highest BCUT2D eigenvalue weighted by molar-refractivity contribution is 7.13. The first-order valence-electron chi connectivity index (χ1n) is 5.79. The minimum atomic E-state index is -1.02. The van der Waals surface area contributed by atoms with Gasteiger partial charge in [-0.3, -0.25) is 4.79 Å². The minimum absolute atomic E-state index is 0.101. The van der Waals surface area contributed by atoms with E-state index in [4.69, 9.17) is 10.8 Å². The van der Waals surface area contributed by atoms with Crippen molar-refractivity contribution in [1.29, 1.82) is 0 Å². The number of aryl methyl sites for hydroxylation is 1. The highest BCUT2D eigenvalue weighted by Crippen LogP contribution is 2.16. The van der Waals surface area contributed by atoms with Crippen LogP contribution in [-0.4, -0.2) is 22.0 Å². The Bertz CT molecular complexity index is 667. The zero-order valence-corrected chi connectivity index (χ0v) is 11.5. The molecule has 7 heteroatoms. The molecule has 0 radical (unpaired) electrons. The zero-order chi connectivity index (χ0) is 14.7. The van der Waals surface area contributed by atoms with Crippen LogP contribution in [0.25, 0.3) is 0 Å². The first kappa shape index (κ1) is 14.0. The van der Waals surface area contributed by atoms with Gasteiger partial charge in [-0.2, -0.15) is 0 Å². The maximum absolute atomic E-state index is 11.8. The second-order valence-electron chi connectivity index (χ2n) is 4.24. The van der Waals surface area contributed by atoms with Crippen molar-refractivity contribution in [2.75, 3.05) is 11.1 Å². The maximum Gasteiger partial charge on any atom is 0.336 e. The van der Waals surface area contributed by atoms with Gasteiger partial charge < -0.3 is 16.2 Å². The van der Waals surface area contributed by atoms with Crippen LogP contribution < -0.4 is 11.1 Å². The minimum Gasteiger partial charge on any atom is -0.478 e. The van der Waals surface area contributed by atoms with Crippen LogP contribution in [0.4, 0.5) is 10.8 Å². The number of rotatable bonds is 4. The Morgan fingerprint density at radius 1 is 1.45 bits per heavy atom. The van der Waals surface area contributed by atoms with Crippen molar-refractivity contribution in [1.82, 2.24) is 4.98 Å². The number of nitrogen functional groups attached to an aromatic ring is 1. The molecule has 2 rings (SSSR count). The summed E-state index contributed by atoms with van der Waals surface area (Å²) in [6.45, 7) is 1.70. The van der Waals surface area contributed by atoms with Gasteiger partial charge in [0.15, 0.2) is 5.13 Å². The molecule has 1 heterocycles. The average Bonchev–Trinajstić information content (AvgIpc) is 2.76. The lowest BCUT2D eigenvalue weighted by molar-refractivity contribution is -0.115. The molecule has 0 saturated carbocycles. The number of hydrogen-bond acceptors (Lipinski definition) is 5. The molecule has 0 aliphatic heterocycles. The van der Waals surface area contributed by atoms with E-state index < -0.39 is 5.97 Å². The van der Waals surface area contributed by atoms with E-state index in [0.717, 1.165) is 0 Å².